The Morgan fingerprint density at radius 2 is 1.76 bits per heavy atom. The number of amides is 1. The molecule has 3 rings (SSSR count). The number of nitrogens with one attached hydrogen (secondary N) is 1. The summed E-state index contributed by atoms with van der Waals surface area (Å²) < 4.78 is 11.6. The van der Waals surface area contributed by atoms with Gasteiger partial charge in [0.05, 0.1) is 6.61 Å². The molecular formula is C21H21NO3. The van der Waals surface area contributed by atoms with Gasteiger partial charge < -0.3 is 14.8 Å². The fourth-order valence-corrected chi connectivity index (χ4v) is 2.69. The van der Waals surface area contributed by atoms with Gasteiger partial charge in [0.25, 0.3) is 5.91 Å². The molecule has 128 valence electrons. The highest BCUT2D eigenvalue weighted by Gasteiger charge is 2.10. The van der Waals surface area contributed by atoms with Crippen molar-refractivity contribution in [3.05, 3.63) is 71.8 Å². The van der Waals surface area contributed by atoms with Crippen LogP contribution in [0.25, 0.3) is 10.8 Å². The molecule has 0 fully saturated rings. The molecule has 0 aliphatic carbocycles. The maximum atomic E-state index is 11.9. The normalized spacial score (nSPS) is 10.5. The number of hydrogen-bond donors (Lipinski definition) is 1. The number of hydrogen-bond acceptors (Lipinski definition) is 3. The lowest BCUT2D eigenvalue weighted by molar-refractivity contribution is 0.0963. The summed E-state index contributed by atoms with van der Waals surface area (Å²) >= 11 is 0. The summed E-state index contributed by atoms with van der Waals surface area (Å²) in [4.78, 5) is 11.9. The second-order valence-electron chi connectivity index (χ2n) is 5.63. The molecule has 0 aromatic heterocycles. The van der Waals surface area contributed by atoms with Crippen LogP contribution in [0.1, 0.15) is 22.8 Å². The minimum atomic E-state index is -0.130. The van der Waals surface area contributed by atoms with Gasteiger partial charge in [-0.3, -0.25) is 4.79 Å². The smallest absolute Gasteiger partial charge is 0.251 e. The number of ether oxygens (including phenoxy) is 2. The lowest BCUT2D eigenvalue weighted by atomic mass is 10.1. The second-order valence-corrected chi connectivity index (χ2v) is 5.63. The largest absolute Gasteiger partial charge is 0.493 e. The first kappa shape index (κ1) is 16.8. The van der Waals surface area contributed by atoms with E-state index in [2.05, 4.69) is 17.4 Å². The molecule has 4 nitrogen and oxygen atoms in total. The summed E-state index contributed by atoms with van der Waals surface area (Å²) in [5.74, 6) is 1.39. The summed E-state index contributed by atoms with van der Waals surface area (Å²) in [5.41, 5.74) is 1.43. The van der Waals surface area contributed by atoms with Crippen molar-refractivity contribution >= 4 is 16.7 Å². The number of fused-ring (bicyclic) bond motifs is 1. The van der Waals surface area contributed by atoms with Gasteiger partial charge in [-0.2, -0.15) is 0 Å². The van der Waals surface area contributed by atoms with Gasteiger partial charge in [0, 0.05) is 18.2 Å². The van der Waals surface area contributed by atoms with Crippen molar-refractivity contribution in [1.82, 2.24) is 5.32 Å². The van der Waals surface area contributed by atoms with Crippen LogP contribution in [-0.4, -0.2) is 19.6 Å². The van der Waals surface area contributed by atoms with Crippen molar-refractivity contribution in [3.8, 4) is 11.5 Å². The van der Waals surface area contributed by atoms with Gasteiger partial charge >= 0.3 is 0 Å². The molecule has 0 aliphatic heterocycles. The molecule has 0 bridgehead atoms. The fraction of sp³-hybridized carbons (Fsp3) is 0.190. The van der Waals surface area contributed by atoms with Gasteiger partial charge in [-0.25, -0.2) is 0 Å². The van der Waals surface area contributed by atoms with E-state index in [9.17, 15) is 4.79 Å². The minimum absolute atomic E-state index is 0.130. The van der Waals surface area contributed by atoms with Crippen LogP contribution in [0.4, 0.5) is 0 Å². The molecule has 0 spiro atoms. The maximum Gasteiger partial charge on any atom is 0.251 e. The molecule has 0 atom stereocenters. The Morgan fingerprint density at radius 1 is 0.960 bits per heavy atom. The average molecular weight is 335 g/mol. The lowest BCUT2D eigenvalue weighted by Crippen LogP contribution is -2.18. The van der Waals surface area contributed by atoms with E-state index in [0.29, 0.717) is 18.8 Å². The van der Waals surface area contributed by atoms with E-state index in [-0.39, 0.29) is 5.91 Å². The molecule has 3 aromatic rings. The average Bonchev–Trinajstić information content (AvgIpc) is 2.66. The number of carbonyl (C=O) groups excluding carboxylic acids is 1. The van der Waals surface area contributed by atoms with E-state index in [1.54, 1.807) is 13.1 Å². The Kier molecular flexibility index (Phi) is 5.19. The number of carbonyl (C=O) groups is 1. The third-order valence-electron chi connectivity index (χ3n) is 3.96. The first-order chi connectivity index (χ1) is 12.2. The van der Waals surface area contributed by atoms with E-state index >= 15 is 0 Å². The molecule has 0 unspecified atom stereocenters. The quantitative estimate of drug-likeness (QED) is 0.735. The van der Waals surface area contributed by atoms with E-state index in [1.165, 1.54) is 5.39 Å². The Balaban J connectivity index is 1.83. The molecule has 1 N–H and O–H groups in total. The van der Waals surface area contributed by atoms with E-state index in [0.717, 1.165) is 22.4 Å². The number of benzene rings is 3. The Bertz CT molecular complexity index is 889. The Hall–Kier alpha value is -3.01. The van der Waals surface area contributed by atoms with E-state index in [4.69, 9.17) is 9.47 Å². The zero-order valence-electron chi connectivity index (χ0n) is 14.4. The van der Waals surface area contributed by atoms with Gasteiger partial charge in [-0.15, -0.1) is 0 Å². The van der Waals surface area contributed by atoms with Gasteiger partial charge in [0.2, 0.25) is 0 Å². The van der Waals surface area contributed by atoms with Crippen LogP contribution in [-0.2, 0) is 6.61 Å². The SMILES string of the molecule is CCOc1ccc(C(=O)NC)cc1COc1ccc2ccccc2c1. The standard InChI is InChI=1S/C21H21NO3/c1-3-24-20-11-9-17(21(23)22-2)12-18(20)14-25-19-10-8-15-6-4-5-7-16(15)13-19/h4-13H,3,14H2,1-2H3,(H,22,23). The minimum Gasteiger partial charge on any atom is -0.493 e. The zero-order chi connectivity index (χ0) is 17.6. The predicted molar refractivity (Wildman–Crippen MR) is 99.3 cm³/mol. The van der Waals surface area contributed by atoms with Crippen LogP contribution in [0.2, 0.25) is 0 Å². The highest BCUT2D eigenvalue weighted by Crippen LogP contribution is 2.25. The third kappa shape index (κ3) is 3.91. The van der Waals surface area contributed by atoms with Gasteiger partial charge in [-0.1, -0.05) is 30.3 Å². The van der Waals surface area contributed by atoms with Crippen LogP contribution >= 0.6 is 0 Å². The first-order valence-corrected chi connectivity index (χ1v) is 8.30. The Labute approximate surface area is 147 Å². The third-order valence-corrected chi connectivity index (χ3v) is 3.96. The second kappa shape index (κ2) is 7.71. The van der Waals surface area contributed by atoms with Gasteiger partial charge in [0.1, 0.15) is 18.1 Å². The zero-order valence-corrected chi connectivity index (χ0v) is 14.4. The molecule has 0 heterocycles. The van der Waals surface area contributed by atoms with Crippen molar-refractivity contribution in [2.75, 3.05) is 13.7 Å². The summed E-state index contributed by atoms with van der Waals surface area (Å²) in [6.07, 6.45) is 0. The van der Waals surface area contributed by atoms with Crippen molar-refractivity contribution in [1.29, 1.82) is 0 Å². The van der Waals surface area contributed by atoms with Crippen LogP contribution in [0, 0.1) is 0 Å². The van der Waals surface area contributed by atoms with Crippen LogP contribution < -0.4 is 14.8 Å². The van der Waals surface area contributed by atoms with Crippen molar-refractivity contribution in [3.63, 3.8) is 0 Å². The predicted octanol–water partition coefficient (Wildman–Crippen LogP) is 4.18. The van der Waals surface area contributed by atoms with Crippen LogP contribution in [0.3, 0.4) is 0 Å². The topological polar surface area (TPSA) is 47.6 Å². The summed E-state index contributed by atoms with van der Waals surface area (Å²) in [6, 6.07) is 19.5. The van der Waals surface area contributed by atoms with Gasteiger partial charge in [0.15, 0.2) is 0 Å². The highest BCUT2D eigenvalue weighted by atomic mass is 16.5. The van der Waals surface area contributed by atoms with Crippen molar-refractivity contribution in [2.45, 2.75) is 13.5 Å². The monoisotopic (exact) mass is 335 g/mol. The highest BCUT2D eigenvalue weighted by molar-refractivity contribution is 5.94. The summed E-state index contributed by atoms with van der Waals surface area (Å²) in [6.45, 7) is 2.82. The van der Waals surface area contributed by atoms with Gasteiger partial charge in [-0.05, 0) is 48.0 Å². The molecule has 4 heteroatoms. The van der Waals surface area contributed by atoms with Crippen molar-refractivity contribution < 1.29 is 14.3 Å². The molecule has 0 radical (unpaired) electrons. The number of rotatable bonds is 6. The molecule has 0 aliphatic rings. The van der Waals surface area contributed by atoms with Crippen LogP contribution in [0.15, 0.2) is 60.7 Å². The van der Waals surface area contributed by atoms with E-state index < -0.39 is 0 Å². The molecule has 25 heavy (non-hydrogen) atoms. The van der Waals surface area contributed by atoms with E-state index in [1.807, 2.05) is 49.4 Å². The molecule has 3 aromatic carbocycles. The molecule has 0 saturated heterocycles. The van der Waals surface area contributed by atoms with Crippen LogP contribution in [0.5, 0.6) is 11.5 Å². The van der Waals surface area contributed by atoms with Crippen molar-refractivity contribution in [2.24, 2.45) is 0 Å². The summed E-state index contributed by atoms with van der Waals surface area (Å²) in [5, 5.41) is 4.93. The molecule has 0 saturated carbocycles. The molecule has 1 amide bonds. The molecular weight excluding hydrogens is 314 g/mol. The summed E-state index contributed by atoms with van der Waals surface area (Å²) in [7, 11) is 1.62. The fourth-order valence-electron chi connectivity index (χ4n) is 2.69. The first-order valence-electron chi connectivity index (χ1n) is 8.30. The Morgan fingerprint density at radius 3 is 2.52 bits per heavy atom. The maximum absolute atomic E-state index is 11.9. The lowest BCUT2D eigenvalue weighted by Gasteiger charge is -2.13.